The molecule has 0 bridgehead atoms. The minimum absolute atomic E-state index is 0.0423. The Kier molecular flexibility index (Phi) is 3.40. The van der Waals surface area contributed by atoms with Gasteiger partial charge in [-0.25, -0.2) is 0 Å². The third-order valence-electron chi connectivity index (χ3n) is 4.12. The first-order valence-electron chi connectivity index (χ1n) is 7.00. The number of nitrogens with one attached hydrogen (secondary N) is 1. The minimum Gasteiger partial charge on any atom is -0.369 e. The molecule has 3 N–H and O–H groups in total. The number of carbonyl (C=O) groups is 1. The average Bonchev–Trinajstić information content (AvgIpc) is 2.80. The van der Waals surface area contributed by atoms with Crippen molar-refractivity contribution in [2.24, 2.45) is 11.1 Å². The van der Waals surface area contributed by atoms with Crippen LogP contribution >= 0.6 is 15.9 Å². The molecule has 1 aliphatic carbocycles. The van der Waals surface area contributed by atoms with E-state index >= 15 is 0 Å². The van der Waals surface area contributed by atoms with E-state index in [4.69, 9.17) is 5.73 Å². The number of amides is 1. The monoisotopic (exact) mass is 347 g/mol. The van der Waals surface area contributed by atoms with Crippen molar-refractivity contribution in [2.75, 3.05) is 0 Å². The molecule has 1 aromatic heterocycles. The van der Waals surface area contributed by atoms with E-state index in [0.29, 0.717) is 0 Å². The van der Waals surface area contributed by atoms with E-state index in [9.17, 15) is 4.79 Å². The summed E-state index contributed by atoms with van der Waals surface area (Å²) in [4.78, 5) is 11.8. The van der Waals surface area contributed by atoms with Gasteiger partial charge in [0.2, 0.25) is 5.91 Å². The van der Waals surface area contributed by atoms with Crippen molar-refractivity contribution in [3.8, 4) is 11.3 Å². The summed E-state index contributed by atoms with van der Waals surface area (Å²) in [7, 11) is 0. The van der Waals surface area contributed by atoms with Gasteiger partial charge in [-0.3, -0.25) is 9.89 Å². The summed E-state index contributed by atoms with van der Waals surface area (Å²) in [6.45, 7) is 4.34. The van der Waals surface area contributed by atoms with Crippen LogP contribution < -0.4 is 5.73 Å². The van der Waals surface area contributed by atoms with Gasteiger partial charge in [0, 0.05) is 15.6 Å². The molecule has 1 heterocycles. The summed E-state index contributed by atoms with van der Waals surface area (Å²) < 4.78 is 1.03. The fourth-order valence-corrected chi connectivity index (χ4v) is 3.40. The van der Waals surface area contributed by atoms with Gasteiger partial charge in [0.1, 0.15) is 0 Å². The van der Waals surface area contributed by atoms with Gasteiger partial charge in [0.15, 0.2) is 0 Å². The number of rotatable bonds is 2. The van der Waals surface area contributed by atoms with Crippen molar-refractivity contribution in [3.05, 3.63) is 40.0 Å². The molecule has 0 spiro atoms. The molecule has 0 radical (unpaired) electrons. The maximum Gasteiger partial charge on any atom is 0.226 e. The number of hydrogen-bond acceptors (Lipinski definition) is 2. The highest BCUT2D eigenvalue weighted by Gasteiger charge is 2.38. The second-order valence-electron chi connectivity index (χ2n) is 6.47. The van der Waals surface area contributed by atoms with Crippen LogP contribution in [0.1, 0.15) is 37.4 Å². The largest absolute Gasteiger partial charge is 0.369 e. The SMILES string of the molecule is CC1(C)Cc2c(-c3ccc(Br)cc3)n[nH]c2C(C(N)=O)C1. The number of halogens is 1. The van der Waals surface area contributed by atoms with Crippen molar-refractivity contribution in [1.82, 2.24) is 10.2 Å². The predicted octanol–water partition coefficient (Wildman–Crippen LogP) is 3.38. The van der Waals surface area contributed by atoms with Gasteiger partial charge in [0.05, 0.1) is 17.3 Å². The zero-order chi connectivity index (χ0) is 15.2. The highest BCUT2D eigenvalue weighted by atomic mass is 79.9. The van der Waals surface area contributed by atoms with Gasteiger partial charge < -0.3 is 5.73 Å². The Labute approximate surface area is 132 Å². The molecular formula is C16H18BrN3O. The van der Waals surface area contributed by atoms with Crippen molar-refractivity contribution in [2.45, 2.75) is 32.6 Å². The second-order valence-corrected chi connectivity index (χ2v) is 7.39. The van der Waals surface area contributed by atoms with Crippen LogP contribution in [-0.4, -0.2) is 16.1 Å². The number of aromatic amines is 1. The number of hydrogen-bond donors (Lipinski definition) is 2. The molecule has 2 aromatic rings. The Bertz CT molecular complexity index is 688. The number of H-pyrrole nitrogens is 1. The van der Waals surface area contributed by atoms with Gasteiger partial charge in [-0.15, -0.1) is 0 Å². The van der Waals surface area contributed by atoms with E-state index in [1.165, 1.54) is 0 Å². The predicted molar refractivity (Wildman–Crippen MR) is 85.8 cm³/mol. The quantitative estimate of drug-likeness (QED) is 0.873. The van der Waals surface area contributed by atoms with E-state index in [1.807, 2.05) is 24.3 Å². The number of primary amides is 1. The fourth-order valence-electron chi connectivity index (χ4n) is 3.14. The first-order valence-corrected chi connectivity index (χ1v) is 7.79. The standard InChI is InChI=1S/C16H18BrN3O/c1-16(2)7-11-13(9-3-5-10(17)6-4-9)19-20-14(11)12(8-16)15(18)21/h3-6,12H,7-8H2,1-2H3,(H2,18,21)(H,19,20). The first kappa shape index (κ1) is 14.3. The van der Waals surface area contributed by atoms with Crippen molar-refractivity contribution in [3.63, 3.8) is 0 Å². The highest BCUT2D eigenvalue weighted by molar-refractivity contribution is 9.10. The molecule has 5 heteroatoms. The summed E-state index contributed by atoms with van der Waals surface area (Å²) in [5.41, 5.74) is 9.61. The summed E-state index contributed by atoms with van der Waals surface area (Å²) in [5.74, 6) is -0.560. The van der Waals surface area contributed by atoms with E-state index in [-0.39, 0.29) is 17.2 Å². The summed E-state index contributed by atoms with van der Waals surface area (Å²) in [5, 5.41) is 7.49. The van der Waals surface area contributed by atoms with Crippen molar-refractivity contribution < 1.29 is 4.79 Å². The lowest BCUT2D eigenvalue weighted by molar-refractivity contribution is -0.120. The van der Waals surface area contributed by atoms with E-state index in [2.05, 4.69) is 40.0 Å². The molecule has 0 saturated carbocycles. The number of nitrogens with zero attached hydrogens (tertiary/aromatic N) is 1. The van der Waals surface area contributed by atoms with Gasteiger partial charge >= 0.3 is 0 Å². The summed E-state index contributed by atoms with van der Waals surface area (Å²) in [6.07, 6.45) is 1.66. The Hall–Kier alpha value is -1.62. The molecule has 110 valence electrons. The molecule has 1 aromatic carbocycles. The lowest BCUT2D eigenvalue weighted by atomic mass is 9.70. The Balaban J connectivity index is 2.11. The Morgan fingerprint density at radius 1 is 1.38 bits per heavy atom. The number of nitrogens with two attached hydrogens (primary N) is 1. The van der Waals surface area contributed by atoms with E-state index in [1.54, 1.807) is 0 Å². The minimum atomic E-state index is -0.282. The van der Waals surface area contributed by atoms with E-state index < -0.39 is 0 Å². The van der Waals surface area contributed by atoms with Crippen LogP contribution in [0.3, 0.4) is 0 Å². The first-order chi connectivity index (χ1) is 9.87. The van der Waals surface area contributed by atoms with Crippen LogP contribution in [0.15, 0.2) is 28.7 Å². The molecule has 0 aliphatic heterocycles. The lowest BCUT2D eigenvalue weighted by Crippen LogP contribution is -2.33. The Morgan fingerprint density at radius 2 is 2.05 bits per heavy atom. The van der Waals surface area contributed by atoms with Gasteiger partial charge in [-0.1, -0.05) is 41.9 Å². The molecule has 1 amide bonds. The topological polar surface area (TPSA) is 71.8 Å². The summed E-state index contributed by atoms with van der Waals surface area (Å²) in [6, 6.07) is 8.05. The molecule has 4 nitrogen and oxygen atoms in total. The van der Waals surface area contributed by atoms with Crippen molar-refractivity contribution in [1.29, 1.82) is 0 Å². The Morgan fingerprint density at radius 3 is 2.67 bits per heavy atom. The van der Waals surface area contributed by atoms with Crippen molar-refractivity contribution >= 4 is 21.8 Å². The molecule has 3 rings (SSSR count). The molecule has 1 unspecified atom stereocenters. The zero-order valence-electron chi connectivity index (χ0n) is 12.1. The number of carbonyl (C=O) groups excluding carboxylic acids is 1. The molecule has 1 atom stereocenters. The van der Waals surface area contributed by atoms with Crippen LogP contribution in [0.25, 0.3) is 11.3 Å². The zero-order valence-corrected chi connectivity index (χ0v) is 13.7. The van der Waals surface area contributed by atoms with E-state index in [0.717, 1.165) is 39.8 Å². The third kappa shape index (κ3) is 2.62. The summed E-state index contributed by atoms with van der Waals surface area (Å²) >= 11 is 3.44. The van der Waals surface area contributed by atoms with Crippen LogP contribution in [0.5, 0.6) is 0 Å². The average molecular weight is 348 g/mol. The van der Waals surface area contributed by atoms with Gasteiger partial charge in [0.25, 0.3) is 0 Å². The van der Waals surface area contributed by atoms with Crippen LogP contribution in [0.4, 0.5) is 0 Å². The molecule has 0 saturated heterocycles. The van der Waals surface area contributed by atoms with Crippen LogP contribution in [0.2, 0.25) is 0 Å². The smallest absolute Gasteiger partial charge is 0.226 e. The van der Waals surface area contributed by atoms with Crippen LogP contribution in [0, 0.1) is 5.41 Å². The van der Waals surface area contributed by atoms with Crippen LogP contribution in [-0.2, 0) is 11.2 Å². The second kappa shape index (κ2) is 4.98. The third-order valence-corrected chi connectivity index (χ3v) is 4.65. The highest BCUT2D eigenvalue weighted by Crippen LogP contribution is 2.44. The fraction of sp³-hybridized carbons (Fsp3) is 0.375. The van der Waals surface area contributed by atoms with Gasteiger partial charge in [-0.2, -0.15) is 5.10 Å². The molecule has 21 heavy (non-hydrogen) atoms. The maximum atomic E-state index is 11.8. The normalized spacial score (nSPS) is 20.0. The molecular weight excluding hydrogens is 330 g/mol. The number of aromatic nitrogens is 2. The number of fused-ring (bicyclic) bond motifs is 1. The molecule has 1 aliphatic rings. The molecule has 0 fully saturated rings. The van der Waals surface area contributed by atoms with Gasteiger partial charge in [-0.05, 0) is 30.4 Å². The number of benzene rings is 1. The maximum absolute atomic E-state index is 11.8. The lowest BCUT2D eigenvalue weighted by Gasteiger charge is -2.33.